The van der Waals surface area contributed by atoms with Gasteiger partial charge in [0, 0.05) is 17.1 Å². The van der Waals surface area contributed by atoms with Gasteiger partial charge in [0.25, 0.3) is 0 Å². The van der Waals surface area contributed by atoms with E-state index in [-0.39, 0.29) is 5.69 Å². The van der Waals surface area contributed by atoms with Crippen LogP contribution in [0.3, 0.4) is 0 Å². The normalized spacial score (nSPS) is 10.8. The van der Waals surface area contributed by atoms with Gasteiger partial charge in [-0.3, -0.25) is 4.40 Å². The van der Waals surface area contributed by atoms with E-state index < -0.39 is 5.97 Å². The first-order valence-corrected chi connectivity index (χ1v) is 6.94. The molecule has 6 nitrogen and oxygen atoms in total. The van der Waals surface area contributed by atoms with Crippen LogP contribution in [-0.2, 0) is 0 Å². The van der Waals surface area contributed by atoms with Crippen LogP contribution in [0.15, 0.2) is 29.8 Å². The Morgan fingerprint density at radius 2 is 2.05 bits per heavy atom. The highest BCUT2D eigenvalue weighted by Gasteiger charge is 2.15. The largest absolute Gasteiger partial charge is 0.493 e. The van der Waals surface area contributed by atoms with E-state index in [1.165, 1.54) is 17.5 Å². The molecule has 3 aromatic rings. The van der Waals surface area contributed by atoms with Crippen molar-refractivity contribution in [1.82, 2.24) is 9.38 Å². The van der Waals surface area contributed by atoms with Gasteiger partial charge in [-0.2, -0.15) is 0 Å². The average molecular weight is 304 g/mol. The summed E-state index contributed by atoms with van der Waals surface area (Å²) in [5, 5.41) is 10.9. The van der Waals surface area contributed by atoms with Crippen molar-refractivity contribution in [3.63, 3.8) is 0 Å². The summed E-state index contributed by atoms with van der Waals surface area (Å²) in [6.45, 7) is 0. The lowest BCUT2D eigenvalue weighted by Gasteiger charge is -2.09. The highest BCUT2D eigenvalue weighted by molar-refractivity contribution is 7.15. The zero-order valence-corrected chi connectivity index (χ0v) is 12.2. The van der Waals surface area contributed by atoms with Crippen molar-refractivity contribution >= 4 is 22.3 Å². The van der Waals surface area contributed by atoms with E-state index in [1.54, 1.807) is 18.6 Å². The van der Waals surface area contributed by atoms with Crippen LogP contribution >= 0.6 is 11.3 Å². The number of rotatable bonds is 4. The quantitative estimate of drug-likeness (QED) is 0.802. The van der Waals surface area contributed by atoms with E-state index in [0.717, 1.165) is 11.3 Å². The average Bonchev–Trinajstić information content (AvgIpc) is 3.06. The highest BCUT2D eigenvalue weighted by Crippen LogP contribution is 2.34. The van der Waals surface area contributed by atoms with E-state index in [0.29, 0.717) is 16.5 Å². The van der Waals surface area contributed by atoms with Gasteiger partial charge in [0.05, 0.1) is 19.9 Å². The first-order chi connectivity index (χ1) is 10.1. The summed E-state index contributed by atoms with van der Waals surface area (Å²) in [6.07, 6.45) is 1.51. The molecule has 0 saturated heterocycles. The van der Waals surface area contributed by atoms with Gasteiger partial charge in [0.15, 0.2) is 22.2 Å². The zero-order chi connectivity index (χ0) is 15.0. The summed E-state index contributed by atoms with van der Waals surface area (Å²) in [5.41, 5.74) is 1.78. The molecule has 0 spiro atoms. The molecule has 0 amide bonds. The zero-order valence-electron chi connectivity index (χ0n) is 11.4. The van der Waals surface area contributed by atoms with Gasteiger partial charge in [-0.25, -0.2) is 9.78 Å². The van der Waals surface area contributed by atoms with Crippen molar-refractivity contribution in [2.24, 2.45) is 0 Å². The molecule has 0 unspecified atom stereocenters. The fraction of sp³-hybridized carbons (Fsp3) is 0.143. The molecule has 7 heteroatoms. The Morgan fingerprint density at radius 3 is 2.71 bits per heavy atom. The first-order valence-electron chi connectivity index (χ1n) is 6.06. The van der Waals surface area contributed by atoms with Crippen LogP contribution in [-0.4, -0.2) is 34.7 Å². The molecule has 108 valence electrons. The minimum Gasteiger partial charge on any atom is -0.493 e. The Kier molecular flexibility index (Phi) is 3.26. The summed E-state index contributed by atoms with van der Waals surface area (Å²) >= 11 is 1.39. The molecule has 0 saturated carbocycles. The standard InChI is InChI=1S/C14H12N2O4S/c1-19-11-4-3-8(5-12(11)20-2)10-7-21-14-15-9(13(17)18)6-16(10)14/h3-7H,1-2H3,(H,17,18). The lowest BCUT2D eigenvalue weighted by atomic mass is 10.1. The lowest BCUT2D eigenvalue weighted by Crippen LogP contribution is -1.95. The number of aromatic nitrogens is 2. The van der Waals surface area contributed by atoms with Crippen LogP contribution in [0.5, 0.6) is 11.5 Å². The number of nitrogens with zero attached hydrogens (tertiary/aromatic N) is 2. The predicted octanol–water partition coefficient (Wildman–Crippen LogP) is 2.78. The van der Waals surface area contributed by atoms with Crippen molar-refractivity contribution in [2.45, 2.75) is 0 Å². The van der Waals surface area contributed by atoms with Crippen molar-refractivity contribution in [1.29, 1.82) is 0 Å². The molecule has 1 N–H and O–H groups in total. The van der Waals surface area contributed by atoms with Gasteiger partial charge >= 0.3 is 5.97 Å². The number of thiazole rings is 1. The van der Waals surface area contributed by atoms with Crippen molar-refractivity contribution in [3.8, 4) is 22.8 Å². The fourth-order valence-corrected chi connectivity index (χ4v) is 2.97. The van der Waals surface area contributed by atoms with Gasteiger partial charge in [-0.1, -0.05) is 0 Å². The predicted molar refractivity (Wildman–Crippen MR) is 78.6 cm³/mol. The summed E-state index contributed by atoms with van der Waals surface area (Å²) in [5.74, 6) is 0.224. The summed E-state index contributed by atoms with van der Waals surface area (Å²) in [7, 11) is 3.15. The number of hydrogen-bond donors (Lipinski definition) is 1. The third-order valence-corrected chi connectivity index (χ3v) is 3.95. The third-order valence-electron chi connectivity index (χ3n) is 3.11. The summed E-state index contributed by atoms with van der Waals surface area (Å²) in [6, 6.07) is 5.55. The number of hydrogen-bond acceptors (Lipinski definition) is 5. The number of benzene rings is 1. The van der Waals surface area contributed by atoms with Crippen molar-refractivity contribution in [2.75, 3.05) is 14.2 Å². The van der Waals surface area contributed by atoms with Crippen LogP contribution in [0.4, 0.5) is 0 Å². The van der Waals surface area contributed by atoms with E-state index >= 15 is 0 Å². The number of fused-ring (bicyclic) bond motifs is 1. The van der Waals surface area contributed by atoms with Crippen molar-refractivity contribution < 1.29 is 19.4 Å². The second-order valence-electron chi connectivity index (χ2n) is 4.27. The van der Waals surface area contributed by atoms with Crippen LogP contribution in [0.25, 0.3) is 16.2 Å². The van der Waals surface area contributed by atoms with Gasteiger partial charge in [0.2, 0.25) is 0 Å². The maximum atomic E-state index is 11.0. The molecule has 3 rings (SSSR count). The minimum absolute atomic E-state index is 0.0311. The molecule has 0 radical (unpaired) electrons. The Balaban J connectivity index is 2.13. The molecular weight excluding hydrogens is 292 g/mol. The molecular formula is C14H12N2O4S. The smallest absolute Gasteiger partial charge is 0.356 e. The number of imidazole rings is 1. The SMILES string of the molecule is COc1ccc(-c2csc3nc(C(=O)O)cn23)cc1OC. The lowest BCUT2D eigenvalue weighted by molar-refractivity contribution is 0.0691. The Morgan fingerprint density at radius 1 is 1.29 bits per heavy atom. The first kappa shape index (κ1) is 13.4. The molecule has 0 aliphatic heterocycles. The van der Waals surface area contributed by atoms with Crippen LogP contribution < -0.4 is 9.47 Å². The fourth-order valence-electron chi connectivity index (χ4n) is 2.09. The van der Waals surface area contributed by atoms with Gasteiger partial charge in [0.1, 0.15) is 0 Å². The van der Waals surface area contributed by atoms with Crippen LogP contribution in [0.1, 0.15) is 10.5 Å². The van der Waals surface area contributed by atoms with Gasteiger partial charge in [-0.05, 0) is 18.2 Å². The number of carbonyl (C=O) groups is 1. The monoisotopic (exact) mass is 304 g/mol. The number of methoxy groups -OCH3 is 2. The van der Waals surface area contributed by atoms with Crippen LogP contribution in [0.2, 0.25) is 0 Å². The number of ether oxygens (including phenoxy) is 2. The van der Waals surface area contributed by atoms with E-state index in [1.807, 2.05) is 23.6 Å². The second-order valence-corrected chi connectivity index (χ2v) is 5.11. The third kappa shape index (κ3) is 2.21. The molecule has 0 aliphatic rings. The molecule has 21 heavy (non-hydrogen) atoms. The number of carboxylic acids is 1. The highest BCUT2D eigenvalue weighted by atomic mass is 32.1. The second kappa shape index (κ2) is 5.10. The molecule has 2 aromatic heterocycles. The van der Waals surface area contributed by atoms with Crippen molar-refractivity contribution in [3.05, 3.63) is 35.5 Å². The molecule has 0 fully saturated rings. The molecule has 2 heterocycles. The van der Waals surface area contributed by atoms with Crippen LogP contribution in [0, 0.1) is 0 Å². The summed E-state index contributed by atoms with van der Waals surface area (Å²) < 4.78 is 12.3. The van der Waals surface area contributed by atoms with Gasteiger partial charge < -0.3 is 14.6 Å². The topological polar surface area (TPSA) is 73.1 Å². The van der Waals surface area contributed by atoms with E-state index in [2.05, 4.69) is 4.98 Å². The molecule has 0 aliphatic carbocycles. The Labute approximate surface area is 124 Å². The number of carboxylic acid groups (broad SMARTS) is 1. The maximum absolute atomic E-state index is 11.0. The molecule has 0 atom stereocenters. The van der Waals surface area contributed by atoms with E-state index in [4.69, 9.17) is 14.6 Å². The minimum atomic E-state index is -1.04. The molecule has 1 aromatic carbocycles. The van der Waals surface area contributed by atoms with E-state index in [9.17, 15) is 4.79 Å². The number of aromatic carboxylic acids is 1. The maximum Gasteiger partial charge on any atom is 0.356 e. The molecule has 0 bridgehead atoms. The Bertz CT molecular complexity index is 822. The Hall–Kier alpha value is -2.54. The summed E-state index contributed by atoms with van der Waals surface area (Å²) in [4.78, 5) is 15.7. The van der Waals surface area contributed by atoms with Gasteiger partial charge in [-0.15, -0.1) is 11.3 Å².